The normalized spacial score (nSPS) is 11.7. The molecule has 156 valence electrons. The molecule has 0 saturated carbocycles. The van der Waals surface area contributed by atoms with Crippen molar-refractivity contribution in [3.8, 4) is 5.69 Å². The second-order valence-corrected chi connectivity index (χ2v) is 8.61. The summed E-state index contributed by atoms with van der Waals surface area (Å²) < 4.78 is 29.5. The Labute approximate surface area is 181 Å². The minimum absolute atomic E-state index is 0.152. The van der Waals surface area contributed by atoms with Crippen molar-refractivity contribution >= 4 is 27.1 Å². The molecule has 1 aromatic heterocycles. The van der Waals surface area contributed by atoms with Crippen molar-refractivity contribution in [2.45, 2.75) is 18.7 Å². The fraction of sp³-hybridized carbons (Fsp3) is 0.0870. The lowest BCUT2D eigenvalue weighted by molar-refractivity contribution is 0.601. The van der Waals surface area contributed by atoms with Gasteiger partial charge in [0.15, 0.2) is 0 Å². The molecule has 1 heterocycles. The van der Waals surface area contributed by atoms with E-state index in [-0.39, 0.29) is 4.90 Å². The third-order valence-corrected chi connectivity index (χ3v) is 6.09. The van der Waals surface area contributed by atoms with E-state index in [0.717, 1.165) is 17.1 Å². The van der Waals surface area contributed by atoms with Crippen LogP contribution in [0.25, 0.3) is 5.69 Å². The summed E-state index contributed by atoms with van der Waals surface area (Å²) in [6, 6.07) is 24.8. The van der Waals surface area contributed by atoms with E-state index in [1.165, 1.54) is 12.1 Å². The summed E-state index contributed by atoms with van der Waals surface area (Å²) in [4.78, 5) is 0.152. The van der Waals surface area contributed by atoms with Gasteiger partial charge in [0.05, 0.1) is 27.7 Å². The Kier molecular flexibility index (Phi) is 5.64. The predicted molar refractivity (Wildman–Crippen MR) is 121 cm³/mol. The Bertz CT molecular complexity index is 1310. The Morgan fingerprint density at radius 1 is 0.806 bits per heavy atom. The van der Waals surface area contributed by atoms with Gasteiger partial charge in [-0.05, 0) is 62.4 Å². The third kappa shape index (κ3) is 4.54. The van der Waals surface area contributed by atoms with Crippen LogP contribution in [0.2, 0.25) is 0 Å². The second-order valence-electron chi connectivity index (χ2n) is 6.93. The van der Waals surface area contributed by atoms with Crippen molar-refractivity contribution in [1.29, 1.82) is 0 Å². The van der Waals surface area contributed by atoms with Crippen LogP contribution < -0.4 is 4.72 Å². The first-order valence-corrected chi connectivity index (χ1v) is 11.1. The highest BCUT2D eigenvalue weighted by Crippen LogP contribution is 2.28. The zero-order valence-corrected chi connectivity index (χ0v) is 17.9. The SMILES string of the molecule is Cc1nn(-c2ccccc2)c(C)c1N=Nc1ccc(S(=O)(=O)Nc2ccccc2)cc1. The molecule has 31 heavy (non-hydrogen) atoms. The molecule has 3 aromatic carbocycles. The zero-order chi connectivity index (χ0) is 21.8. The minimum Gasteiger partial charge on any atom is -0.280 e. The number of aromatic nitrogens is 2. The van der Waals surface area contributed by atoms with E-state index in [1.807, 2.05) is 54.9 Å². The van der Waals surface area contributed by atoms with E-state index in [9.17, 15) is 8.42 Å². The summed E-state index contributed by atoms with van der Waals surface area (Å²) >= 11 is 0. The standard InChI is InChI=1S/C23H21N5O2S/c1-17-23(18(2)28(26-17)21-11-7-4-8-12-21)25-24-19-13-15-22(16-14-19)31(29,30)27-20-9-5-3-6-10-20/h3-16,27H,1-2H3. The molecule has 1 N–H and O–H groups in total. The van der Waals surface area contributed by atoms with Gasteiger partial charge in [-0.3, -0.25) is 4.72 Å². The number of hydrogen-bond acceptors (Lipinski definition) is 5. The molecule has 8 heteroatoms. The first kappa shape index (κ1) is 20.5. The molecule has 0 unspecified atom stereocenters. The number of para-hydroxylation sites is 2. The molecule has 0 radical (unpaired) electrons. The van der Waals surface area contributed by atoms with Gasteiger partial charge in [-0.15, -0.1) is 5.11 Å². The zero-order valence-electron chi connectivity index (χ0n) is 17.1. The fourth-order valence-corrected chi connectivity index (χ4v) is 4.18. The lowest BCUT2D eigenvalue weighted by Crippen LogP contribution is -2.12. The average molecular weight is 432 g/mol. The summed E-state index contributed by atoms with van der Waals surface area (Å²) in [6.07, 6.45) is 0. The van der Waals surface area contributed by atoms with Crippen LogP contribution in [-0.4, -0.2) is 18.2 Å². The molecule has 0 bridgehead atoms. The molecule has 0 aliphatic heterocycles. The van der Waals surface area contributed by atoms with Gasteiger partial charge in [-0.1, -0.05) is 36.4 Å². The topological polar surface area (TPSA) is 88.7 Å². The van der Waals surface area contributed by atoms with E-state index < -0.39 is 10.0 Å². The van der Waals surface area contributed by atoms with Crippen LogP contribution in [-0.2, 0) is 10.0 Å². The van der Waals surface area contributed by atoms with E-state index in [4.69, 9.17) is 0 Å². The Morgan fingerprint density at radius 3 is 2.06 bits per heavy atom. The van der Waals surface area contributed by atoms with Crippen molar-refractivity contribution in [1.82, 2.24) is 9.78 Å². The van der Waals surface area contributed by atoms with Gasteiger partial charge in [0.2, 0.25) is 0 Å². The number of aryl methyl sites for hydroxylation is 1. The molecular formula is C23H21N5O2S. The molecule has 0 aliphatic rings. The van der Waals surface area contributed by atoms with Crippen LogP contribution in [0.3, 0.4) is 0 Å². The number of nitrogens with one attached hydrogen (secondary N) is 1. The highest BCUT2D eigenvalue weighted by atomic mass is 32.2. The van der Waals surface area contributed by atoms with E-state index in [1.54, 1.807) is 36.4 Å². The van der Waals surface area contributed by atoms with Crippen LogP contribution in [0, 0.1) is 13.8 Å². The van der Waals surface area contributed by atoms with Gasteiger partial charge in [0, 0.05) is 5.69 Å². The summed E-state index contributed by atoms with van der Waals surface area (Å²) in [5.74, 6) is 0. The highest BCUT2D eigenvalue weighted by Gasteiger charge is 2.15. The number of anilines is 1. The summed E-state index contributed by atoms with van der Waals surface area (Å²) in [7, 11) is -3.67. The van der Waals surface area contributed by atoms with Gasteiger partial charge < -0.3 is 0 Å². The first-order chi connectivity index (χ1) is 14.9. The molecule has 7 nitrogen and oxygen atoms in total. The van der Waals surface area contributed by atoms with E-state index >= 15 is 0 Å². The monoisotopic (exact) mass is 431 g/mol. The van der Waals surface area contributed by atoms with Crippen LogP contribution in [0.4, 0.5) is 17.1 Å². The Hall–Kier alpha value is -3.78. The van der Waals surface area contributed by atoms with Crippen molar-refractivity contribution < 1.29 is 8.42 Å². The Morgan fingerprint density at radius 2 is 1.42 bits per heavy atom. The number of rotatable bonds is 6. The molecule has 0 spiro atoms. The molecule has 0 amide bonds. The Balaban J connectivity index is 1.54. The summed E-state index contributed by atoms with van der Waals surface area (Å²) in [5.41, 5.74) is 4.32. The van der Waals surface area contributed by atoms with Crippen LogP contribution >= 0.6 is 0 Å². The van der Waals surface area contributed by atoms with Crippen molar-refractivity contribution in [2.24, 2.45) is 10.2 Å². The smallest absolute Gasteiger partial charge is 0.261 e. The first-order valence-electron chi connectivity index (χ1n) is 9.65. The minimum atomic E-state index is -3.67. The van der Waals surface area contributed by atoms with Crippen molar-refractivity contribution in [3.05, 3.63) is 96.3 Å². The number of benzene rings is 3. The molecule has 0 aliphatic carbocycles. The fourth-order valence-electron chi connectivity index (χ4n) is 3.12. The maximum absolute atomic E-state index is 12.5. The molecule has 0 fully saturated rings. The maximum Gasteiger partial charge on any atom is 0.261 e. The number of nitrogens with zero attached hydrogens (tertiary/aromatic N) is 4. The van der Waals surface area contributed by atoms with Crippen LogP contribution in [0.1, 0.15) is 11.4 Å². The van der Waals surface area contributed by atoms with Gasteiger partial charge in [-0.2, -0.15) is 10.2 Å². The number of azo groups is 1. The van der Waals surface area contributed by atoms with Gasteiger partial charge >= 0.3 is 0 Å². The number of hydrogen-bond donors (Lipinski definition) is 1. The predicted octanol–water partition coefficient (Wildman–Crippen LogP) is 5.71. The molecule has 4 rings (SSSR count). The summed E-state index contributed by atoms with van der Waals surface area (Å²) in [5, 5.41) is 13.2. The largest absolute Gasteiger partial charge is 0.280 e. The third-order valence-electron chi connectivity index (χ3n) is 4.69. The van der Waals surface area contributed by atoms with Crippen molar-refractivity contribution in [3.63, 3.8) is 0 Å². The van der Waals surface area contributed by atoms with E-state index in [0.29, 0.717) is 17.1 Å². The lowest BCUT2D eigenvalue weighted by atomic mass is 10.3. The molecular weight excluding hydrogens is 410 g/mol. The average Bonchev–Trinajstić information content (AvgIpc) is 3.07. The van der Waals surface area contributed by atoms with Gasteiger partial charge in [0.25, 0.3) is 10.0 Å². The summed E-state index contributed by atoms with van der Waals surface area (Å²) in [6.45, 7) is 3.82. The van der Waals surface area contributed by atoms with Crippen LogP contribution in [0.5, 0.6) is 0 Å². The van der Waals surface area contributed by atoms with Gasteiger partial charge in [0.1, 0.15) is 5.69 Å². The lowest BCUT2D eigenvalue weighted by Gasteiger charge is -2.07. The van der Waals surface area contributed by atoms with E-state index in [2.05, 4.69) is 20.0 Å². The molecule has 4 aromatic rings. The quantitative estimate of drug-likeness (QED) is 0.397. The van der Waals surface area contributed by atoms with Crippen molar-refractivity contribution in [2.75, 3.05) is 4.72 Å². The highest BCUT2D eigenvalue weighted by molar-refractivity contribution is 7.92. The maximum atomic E-state index is 12.5. The van der Waals surface area contributed by atoms with Gasteiger partial charge in [-0.25, -0.2) is 13.1 Å². The van der Waals surface area contributed by atoms with Crippen LogP contribution in [0.15, 0.2) is 100 Å². The number of sulfonamides is 1. The second kappa shape index (κ2) is 8.53. The molecule has 0 atom stereocenters. The molecule has 0 saturated heterocycles.